The molecule has 0 radical (unpaired) electrons. The highest BCUT2D eigenvalue weighted by Gasteiger charge is 2.22. The van der Waals surface area contributed by atoms with Crippen molar-refractivity contribution < 1.29 is 18.4 Å². The van der Waals surface area contributed by atoms with Gasteiger partial charge in [0.05, 0.1) is 7.11 Å². The molecule has 0 amide bonds. The second kappa shape index (κ2) is 8.42. The highest BCUT2D eigenvalue weighted by Crippen LogP contribution is 2.35. The van der Waals surface area contributed by atoms with Gasteiger partial charge in [-0.1, -0.05) is 42.6 Å². The Morgan fingerprint density at radius 2 is 1.89 bits per heavy atom. The molecule has 1 fully saturated rings. The molecule has 2 aromatic carbocycles. The Balaban J connectivity index is 1.50. The van der Waals surface area contributed by atoms with E-state index in [0.717, 1.165) is 18.4 Å². The molecule has 28 heavy (non-hydrogen) atoms. The quantitative estimate of drug-likeness (QED) is 0.562. The molecule has 0 spiro atoms. The number of methoxy groups -OCH3 is 1. The van der Waals surface area contributed by atoms with Crippen LogP contribution in [0.25, 0.3) is 11.4 Å². The molecular weight excluding hydrogens is 359 g/mol. The minimum Gasteiger partial charge on any atom is -0.493 e. The summed E-state index contributed by atoms with van der Waals surface area (Å²) in [4.78, 5) is 4.59. The van der Waals surface area contributed by atoms with Crippen LogP contribution < -0.4 is 9.47 Å². The Hall–Kier alpha value is -2.89. The molecule has 1 saturated carbocycles. The highest BCUT2D eigenvalue weighted by atomic mass is 19.1. The molecule has 1 aliphatic rings. The lowest BCUT2D eigenvalue weighted by Gasteiger charge is -2.17. The number of aromatic nitrogens is 2. The molecule has 6 heteroatoms. The fourth-order valence-electron chi connectivity index (χ4n) is 3.56. The molecule has 0 saturated heterocycles. The maximum absolute atomic E-state index is 13.8. The molecular formula is C22H23FN2O3. The first kappa shape index (κ1) is 18.5. The summed E-state index contributed by atoms with van der Waals surface area (Å²) >= 11 is 0. The van der Waals surface area contributed by atoms with E-state index in [9.17, 15) is 4.39 Å². The summed E-state index contributed by atoms with van der Waals surface area (Å²) in [6.07, 6.45) is 5.92. The first-order valence-corrected chi connectivity index (χ1v) is 9.63. The number of nitrogens with zero attached hydrogens (tertiary/aromatic N) is 2. The zero-order chi connectivity index (χ0) is 19.3. The Morgan fingerprint density at radius 1 is 1.07 bits per heavy atom. The second-order valence-electron chi connectivity index (χ2n) is 7.04. The normalized spacial score (nSPS) is 14.8. The number of rotatable bonds is 6. The van der Waals surface area contributed by atoms with Gasteiger partial charge in [-0.15, -0.1) is 0 Å². The van der Waals surface area contributed by atoms with Crippen molar-refractivity contribution >= 4 is 0 Å². The van der Waals surface area contributed by atoms with Crippen LogP contribution in [-0.2, 0) is 6.61 Å². The molecule has 0 unspecified atom stereocenters. The van der Waals surface area contributed by atoms with E-state index in [1.807, 2.05) is 12.1 Å². The second-order valence-corrected chi connectivity index (χ2v) is 7.04. The Labute approximate surface area is 163 Å². The molecule has 146 valence electrons. The lowest BCUT2D eigenvalue weighted by Crippen LogP contribution is -2.04. The molecule has 4 rings (SSSR count). The minimum atomic E-state index is -0.292. The molecule has 0 N–H and O–H groups in total. The summed E-state index contributed by atoms with van der Waals surface area (Å²) in [7, 11) is 1.57. The molecule has 0 aliphatic heterocycles. The van der Waals surface area contributed by atoms with Crippen LogP contribution in [-0.4, -0.2) is 17.3 Å². The fraction of sp³-hybridized carbons (Fsp3) is 0.364. The number of hydrogen-bond donors (Lipinski definition) is 0. The van der Waals surface area contributed by atoms with Gasteiger partial charge in [-0.3, -0.25) is 0 Å². The predicted molar refractivity (Wildman–Crippen MR) is 103 cm³/mol. The van der Waals surface area contributed by atoms with Gasteiger partial charge in [0.2, 0.25) is 11.7 Å². The zero-order valence-corrected chi connectivity index (χ0v) is 15.9. The van der Waals surface area contributed by atoms with Crippen molar-refractivity contribution in [2.75, 3.05) is 7.11 Å². The Morgan fingerprint density at radius 3 is 2.68 bits per heavy atom. The SMILES string of the molecule is COc1cc(-c2noc(C3CCCCC3)n2)ccc1OCc1ccccc1F. The van der Waals surface area contributed by atoms with Gasteiger partial charge >= 0.3 is 0 Å². The number of halogens is 1. The van der Waals surface area contributed by atoms with E-state index in [0.29, 0.717) is 34.7 Å². The topological polar surface area (TPSA) is 57.4 Å². The van der Waals surface area contributed by atoms with E-state index >= 15 is 0 Å². The largest absolute Gasteiger partial charge is 0.493 e. The van der Waals surface area contributed by atoms with E-state index < -0.39 is 0 Å². The van der Waals surface area contributed by atoms with Crippen LogP contribution in [0, 0.1) is 5.82 Å². The van der Waals surface area contributed by atoms with Crippen molar-refractivity contribution in [2.45, 2.75) is 44.6 Å². The van der Waals surface area contributed by atoms with E-state index in [2.05, 4.69) is 10.1 Å². The predicted octanol–water partition coefficient (Wildman–Crippen LogP) is 5.51. The Bertz CT molecular complexity index is 935. The van der Waals surface area contributed by atoms with Crippen molar-refractivity contribution in [3.05, 3.63) is 59.7 Å². The third kappa shape index (κ3) is 4.01. The third-order valence-corrected chi connectivity index (χ3v) is 5.16. The summed E-state index contributed by atoms with van der Waals surface area (Å²) in [6.45, 7) is 0.121. The van der Waals surface area contributed by atoms with Gasteiger partial charge in [0.1, 0.15) is 12.4 Å². The van der Waals surface area contributed by atoms with Gasteiger partial charge in [-0.2, -0.15) is 4.98 Å². The monoisotopic (exact) mass is 382 g/mol. The summed E-state index contributed by atoms with van der Waals surface area (Å²) < 4.78 is 30.5. The van der Waals surface area contributed by atoms with Crippen LogP contribution in [0.3, 0.4) is 0 Å². The lowest BCUT2D eigenvalue weighted by atomic mass is 9.89. The molecule has 1 heterocycles. The van der Waals surface area contributed by atoms with Crippen molar-refractivity contribution in [2.24, 2.45) is 0 Å². The zero-order valence-electron chi connectivity index (χ0n) is 15.9. The van der Waals surface area contributed by atoms with Crippen LogP contribution in [0.5, 0.6) is 11.5 Å². The average molecular weight is 382 g/mol. The summed E-state index contributed by atoms with van der Waals surface area (Å²) in [5, 5.41) is 4.14. The first-order valence-electron chi connectivity index (χ1n) is 9.63. The van der Waals surface area contributed by atoms with Crippen LogP contribution in [0.1, 0.15) is 49.5 Å². The summed E-state index contributed by atoms with van der Waals surface area (Å²) in [5.74, 6) is 2.40. The standard InChI is InChI=1S/C22H23FN2O3/c1-26-20-13-16(21-24-22(28-25-21)15-7-3-2-4-8-15)11-12-19(20)27-14-17-9-5-6-10-18(17)23/h5-6,9-13,15H,2-4,7-8,14H2,1H3. The van der Waals surface area contributed by atoms with E-state index in [1.54, 1.807) is 31.4 Å². The van der Waals surface area contributed by atoms with Gasteiger partial charge in [0.25, 0.3) is 0 Å². The molecule has 3 aromatic rings. The van der Waals surface area contributed by atoms with Crippen LogP contribution in [0.4, 0.5) is 4.39 Å². The first-order chi connectivity index (χ1) is 13.7. The molecule has 0 atom stereocenters. The van der Waals surface area contributed by atoms with Crippen molar-refractivity contribution in [1.82, 2.24) is 10.1 Å². The number of benzene rings is 2. The smallest absolute Gasteiger partial charge is 0.230 e. The maximum Gasteiger partial charge on any atom is 0.230 e. The lowest BCUT2D eigenvalue weighted by molar-refractivity contribution is 0.280. The third-order valence-electron chi connectivity index (χ3n) is 5.16. The number of ether oxygens (including phenoxy) is 2. The van der Waals surface area contributed by atoms with Crippen molar-refractivity contribution in [3.8, 4) is 22.9 Å². The summed E-state index contributed by atoms with van der Waals surface area (Å²) in [6, 6.07) is 12.0. The van der Waals surface area contributed by atoms with Crippen LogP contribution in [0.15, 0.2) is 47.0 Å². The van der Waals surface area contributed by atoms with Gasteiger partial charge < -0.3 is 14.0 Å². The van der Waals surface area contributed by atoms with Crippen LogP contribution in [0.2, 0.25) is 0 Å². The van der Waals surface area contributed by atoms with E-state index in [1.165, 1.54) is 25.3 Å². The summed E-state index contributed by atoms with van der Waals surface area (Å²) in [5.41, 5.74) is 1.28. The highest BCUT2D eigenvalue weighted by molar-refractivity contribution is 5.60. The van der Waals surface area contributed by atoms with Gasteiger partial charge in [-0.05, 0) is 37.1 Å². The molecule has 1 aliphatic carbocycles. The average Bonchev–Trinajstić information content (AvgIpc) is 3.24. The van der Waals surface area contributed by atoms with Gasteiger partial charge in [-0.25, -0.2) is 4.39 Å². The minimum absolute atomic E-state index is 0.121. The maximum atomic E-state index is 13.8. The van der Waals surface area contributed by atoms with Crippen LogP contribution >= 0.6 is 0 Å². The van der Waals surface area contributed by atoms with E-state index in [4.69, 9.17) is 14.0 Å². The molecule has 0 bridgehead atoms. The fourth-order valence-corrected chi connectivity index (χ4v) is 3.56. The van der Waals surface area contributed by atoms with Crippen molar-refractivity contribution in [3.63, 3.8) is 0 Å². The van der Waals surface area contributed by atoms with Crippen molar-refractivity contribution in [1.29, 1.82) is 0 Å². The Kier molecular flexibility index (Phi) is 5.55. The molecule has 5 nitrogen and oxygen atoms in total. The molecule has 1 aromatic heterocycles. The number of hydrogen-bond acceptors (Lipinski definition) is 5. The van der Waals surface area contributed by atoms with Gasteiger partial charge in [0.15, 0.2) is 11.5 Å². The van der Waals surface area contributed by atoms with E-state index in [-0.39, 0.29) is 12.4 Å². The van der Waals surface area contributed by atoms with Gasteiger partial charge in [0, 0.05) is 17.0 Å².